The van der Waals surface area contributed by atoms with E-state index in [1.807, 2.05) is 18.2 Å². The maximum absolute atomic E-state index is 14.5. The van der Waals surface area contributed by atoms with Gasteiger partial charge in [-0.05, 0) is 49.1 Å². The van der Waals surface area contributed by atoms with Crippen molar-refractivity contribution < 1.29 is 23.9 Å². The molecule has 46 heavy (non-hydrogen) atoms. The zero-order valence-corrected chi connectivity index (χ0v) is 25.1. The first-order valence-corrected chi connectivity index (χ1v) is 14.8. The van der Waals surface area contributed by atoms with E-state index in [2.05, 4.69) is 30.7 Å². The molecule has 6 rings (SSSR count). The number of carboxylic acid groups (broad SMARTS) is 1. The van der Waals surface area contributed by atoms with Gasteiger partial charge in [-0.15, -0.1) is 0 Å². The summed E-state index contributed by atoms with van der Waals surface area (Å²) in [4.78, 5) is 50.6. The fraction of sp³-hybridized carbons (Fsp3) is 0.242. The van der Waals surface area contributed by atoms with Crippen molar-refractivity contribution in [2.24, 2.45) is 0 Å². The number of pyridine rings is 1. The molecular weight excluding hydrogens is 591 g/mol. The van der Waals surface area contributed by atoms with Crippen molar-refractivity contribution in [2.75, 3.05) is 11.1 Å². The molecule has 5 aromatic rings. The second-order valence-corrected chi connectivity index (χ2v) is 11.3. The summed E-state index contributed by atoms with van der Waals surface area (Å²) >= 11 is 0. The highest BCUT2D eigenvalue weighted by Crippen LogP contribution is 2.45. The van der Waals surface area contributed by atoms with Crippen LogP contribution in [-0.2, 0) is 32.8 Å². The van der Waals surface area contributed by atoms with Crippen LogP contribution < -0.4 is 16.4 Å². The molecule has 4 heterocycles. The molecule has 0 bridgehead atoms. The Bertz CT molecular complexity index is 1990. The van der Waals surface area contributed by atoms with E-state index in [0.717, 1.165) is 5.56 Å². The highest BCUT2D eigenvalue weighted by Gasteiger charge is 2.47. The Morgan fingerprint density at radius 1 is 1.11 bits per heavy atom. The van der Waals surface area contributed by atoms with Crippen molar-refractivity contribution in [2.45, 2.75) is 51.1 Å². The van der Waals surface area contributed by atoms with Crippen molar-refractivity contribution in [3.63, 3.8) is 0 Å². The molecule has 0 fully saturated rings. The first-order chi connectivity index (χ1) is 22.1. The molecule has 0 spiro atoms. The molecule has 13 heteroatoms. The number of carbonyl (C=O) groups is 3. The summed E-state index contributed by atoms with van der Waals surface area (Å²) in [5.41, 5.74) is 8.61. The van der Waals surface area contributed by atoms with E-state index in [1.165, 1.54) is 6.07 Å². The number of rotatable bonds is 10. The second-order valence-electron chi connectivity index (χ2n) is 11.3. The van der Waals surface area contributed by atoms with Crippen molar-refractivity contribution in [3.8, 4) is 11.5 Å². The van der Waals surface area contributed by atoms with Crippen molar-refractivity contribution >= 4 is 40.5 Å². The number of nitrogens with two attached hydrogens (primary N) is 1. The maximum Gasteiger partial charge on any atom is 0.326 e. The summed E-state index contributed by atoms with van der Waals surface area (Å²) < 4.78 is 16.0. The third-order valence-electron chi connectivity index (χ3n) is 8.33. The molecule has 1 aliphatic rings. The van der Waals surface area contributed by atoms with Crippen LogP contribution in [0.1, 0.15) is 48.9 Å². The van der Waals surface area contributed by atoms with Gasteiger partial charge in [0.15, 0.2) is 11.5 Å². The molecule has 3 aromatic heterocycles. The van der Waals surface area contributed by atoms with Crippen LogP contribution in [0.5, 0.6) is 0 Å². The molecule has 0 radical (unpaired) electrons. The number of hydrogen-bond acceptors (Lipinski definition) is 8. The van der Waals surface area contributed by atoms with Crippen LogP contribution in [0.3, 0.4) is 0 Å². The number of nitrogens with one attached hydrogen (secondary N) is 2. The van der Waals surface area contributed by atoms with Crippen LogP contribution in [0.25, 0.3) is 22.6 Å². The van der Waals surface area contributed by atoms with Crippen LogP contribution in [0.15, 0.2) is 66.9 Å². The number of anilines is 2. The van der Waals surface area contributed by atoms with Gasteiger partial charge in [-0.25, -0.2) is 28.8 Å². The third kappa shape index (κ3) is 5.40. The fourth-order valence-corrected chi connectivity index (χ4v) is 5.73. The number of aryl methyl sites for hydroxylation is 1. The van der Waals surface area contributed by atoms with Gasteiger partial charge in [-0.2, -0.15) is 5.10 Å². The molecule has 234 valence electrons. The average molecular weight is 623 g/mol. The number of amides is 2. The van der Waals surface area contributed by atoms with Crippen LogP contribution in [0, 0.1) is 5.82 Å². The summed E-state index contributed by atoms with van der Waals surface area (Å²) in [5.74, 6) is -1.55. The van der Waals surface area contributed by atoms with Crippen LogP contribution in [0.4, 0.5) is 16.0 Å². The molecule has 2 aromatic carbocycles. The topological polar surface area (TPSA) is 178 Å². The third-order valence-corrected chi connectivity index (χ3v) is 8.33. The highest BCUT2D eigenvalue weighted by molar-refractivity contribution is 6.09. The Morgan fingerprint density at radius 2 is 1.87 bits per heavy atom. The van der Waals surface area contributed by atoms with Gasteiger partial charge in [0, 0.05) is 18.2 Å². The number of nitrogens with zero attached hydrogens (tertiary/aromatic N) is 5. The molecule has 2 amide bonds. The number of hydrogen-bond donors (Lipinski definition) is 4. The maximum atomic E-state index is 14.5. The van der Waals surface area contributed by atoms with E-state index in [0.29, 0.717) is 46.3 Å². The Morgan fingerprint density at radius 3 is 2.59 bits per heavy atom. The van der Waals surface area contributed by atoms with Gasteiger partial charge in [0.25, 0.3) is 0 Å². The Balaban J connectivity index is 1.28. The average Bonchev–Trinajstić information content (AvgIpc) is 3.54. The van der Waals surface area contributed by atoms with Gasteiger partial charge in [0.2, 0.25) is 11.8 Å². The van der Waals surface area contributed by atoms with Crippen LogP contribution in [0.2, 0.25) is 0 Å². The van der Waals surface area contributed by atoms with Gasteiger partial charge in [0.1, 0.15) is 34.6 Å². The number of carbonyl (C=O) groups excluding carboxylic acids is 2. The summed E-state index contributed by atoms with van der Waals surface area (Å²) in [6, 6.07) is 16.3. The molecule has 12 nitrogen and oxygen atoms in total. The quantitative estimate of drug-likeness (QED) is 0.180. The summed E-state index contributed by atoms with van der Waals surface area (Å²) in [7, 11) is 0. The van der Waals surface area contributed by atoms with E-state index in [1.54, 1.807) is 61.1 Å². The minimum absolute atomic E-state index is 0.103. The number of aliphatic carboxylic acids is 1. The van der Waals surface area contributed by atoms with Gasteiger partial charge in [0.05, 0.1) is 17.5 Å². The number of benzene rings is 2. The summed E-state index contributed by atoms with van der Waals surface area (Å²) in [6.45, 7) is 3.57. The van der Waals surface area contributed by atoms with Crippen molar-refractivity contribution in [3.05, 3.63) is 94.9 Å². The second kappa shape index (κ2) is 12.0. The normalized spacial score (nSPS) is 16.2. The molecule has 0 aliphatic carbocycles. The van der Waals surface area contributed by atoms with Crippen molar-refractivity contribution in [1.29, 1.82) is 0 Å². The van der Waals surface area contributed by atoms with Gasteiger partial charge in [-0.3, -0.25) is 9.59 Å². The van der Waals surface area contributed by atoms with E-state index < -0.39 is 17.4 Å². The van der Waals surface area contributed by atoms with E-state index >= 15 is 0 Å². The number of nitrogen functional groups attached to an aromatic ring is 1. The first-order valence-electron chi connectivity index (χ1n) is 14.8. The monoisotopic (exact) mass is 622 g/mol. The van der Waals surface area contributed by atoms with E-state index in [4.69, 9.17) is 10.8 Å². The number of fused-ring (bicyclic) bond motifs is 2. The Kier molecular flexibility index (Phi) is 7.90. The van der Waals surface area contributed by atoms with E-state index in [9.17, 15) is 18.8 Å². The summed E-state index contributed by atoms with van der Waals surface area (Å²) in [5, 5.41) is 19.9. The standard InChI is InChI=1S/C33H31FN8O4/c1-3-23(31(44)45)37-24(43)15-12-18-10-13-20(14-11-18)33(2)25-27(35)38-29(39-28(25)40-32(33)46)26-21-8-6-16-36-30(21)42(41-26)17-19-7-4-5-9-22(19)34/h4-11,13-14,16,23H,3,12,15,17H2,1-2H3,(H,37,43)(H,44,45)(H3,35,38,39,40,46)/t23?,33-/m1/s1. The minimum atomic E-state index is -1.20. The lowest BCUT2D eigenvalue weighted by Crippen LogP contribution is -2.40. The number of carboxylic acids is 1. The number of halogens is 1. The molecule has 5 N–H and O–H groups in total. The van der Waals surface area contributed by atoms with Gasteiger partial charge >= 0.3 is 5.97 Å². The van der Waals surface area contributed by atoms with Crippen LogP contribution >= 0.6 is 0 Å². The molecule has 2 atom stereocenters. The number of aromatic nitrogens is 5. The first kappa shape index (κ1) is 30.3. The molecule has 1 unspecified atom stereocenters. The zero-order chi connectivity index (χ0) is 32.6. The largest absolute Gasteiger partial charge is 0.480 e. The lowest BCUT2D eigenvalue weighted by atomic mass is 9.77. The smallest absolute Gasteiger partial charge is 0.326 e. The molecular formula is C33H31FN8O4. The molecule has 0 saturated carbocycles. The Labute approximate surface area is 262 Å². The lowest BCUT2D eigenvalue weighted by Gasteiger charge is -2.23. The fourth-order valence-electron chi connectivity index (χ4n) is 5.73. The predicted molar refractivity (Wildman–Crippen MR) is 168 cm³/mol. The van der Waals surface area contributed by atoms with Crippen LogP contribution in [-0.4, -0.2) is 53.7 Å². The highest BCUT2D eigenvalue weighted by atomic mass is 19.1. The SMILES string of the molecule is CCC(NC(=O)CCc1ccc([C@@]2(C)C(=O)Nc3nc(-c4nn(Cc5ccccc5F)c5ncccc45)nc(N)c32)cc1)C(=O)O. The molecule has 1 aliphatic heterocycles. The van der Waals surface area contributed by atoms with Gasteiger partial charge < -0.3 is 21.5 Å². The Hall–Kier alpha value is -5.72. The minimum Gasteiger partial charge on any atom is -0.480 e. The van der Waals surface area contributed by atoms with Crippen molar-refractivity contribution in [1.82, 2.24) is 30.0 Å². The lowest BCUT2D eigenvalue weighted by molar-refractivity contribution is -0.141. The molecule has 0 saturated heterocycles. The predicted octanol–water partition coefficient (Wildman–Crippen LogP) is 3.83. The summed E-state index contributed by atoms with van der Waals surface area (Å²) in [6.07, 6.45) is 2.42. The van der Waals surface area contributed by atoms with Gasteiger partial charge in [-0.1, -0.05) is 49.4 Å². The zero-order valence-electron chi connectivity index (χ0n) is 25.1. The van der Waals surface area contributed by atoms with E-state index in [-0.39, 0.29) is 48.1 Å².